The molecular formula is C11H14N2O4. The van der Waals surface area contributed by atoms with E-state index in [2.05, 4.69) is 4.98 Å². The average Bonchev–Trinajstić information content (AvgIpc) is 2.34. The van der Waals surface area contributed by atoms with E-state index >= 15 is 0 Å². The number of aliphatic hydroxyl groups is 1. The lowest BCUT2D eigenvalue weighted by Gasteiger charge is -2.25. The molecule has 0 bridgehead atoms. The fourth-order valence-corrected chi connectivity index (χ4v) is 1.81. The van der Waals surface area contributed by atoms with Crippen LogP contribution in [0.5, 0.6) is 0 Å². The average molecular weight is 238 g/mol. The van der Waals surface area contributed by atoms with Crippen molar-refractivity contribution >= 4 is 0 Å². The Morgan fingerprint density at radius 2 is 2.35 bits per heavy atom. The summed E-state index contributed by atoms with van der Waals surface area (Å²) in [6.45, 7) is 1.54. The van der Waals surface area contributed by atoms with Gasteiger partial charge >= 0.3 is 5.69 Å². The number of aromatic nitrogens is 2. The van der Waals surface area contributed by atoms with Crippen LogP contribution in [0.15, 0.2) is 28.1 Å². The van der Waals surface area contributed by atoms with Gasteiger partial charge in [-0.05, 0) is 13.0 Å². The molecule has 2 N–H and O–H groups in total. The van der Waals surface area contributed by atoms with Gasteiger partial charge in [-0.15, -0.1) is 0 Å². The van der Waals surface area contributed by atoms with Gasteiger partial charge in [-0.1, -0.05) is 0 Å². The first-order chi connectivity index (χ1) is 8.11. The summed E-state index contributed by atoms with van der Waals surface area (Å²) >= 11 is 0. The second kappa shape index (κ2) is 4.58. The molecule has 0 saturated heterocycles. The van der Waals surface area contributed by atoms with E-state index < -0.39 is 5.69 Å². The number of aromatic amines is 1. The Kier molecular flexibility index (Phi) is 3.14. The lowest BCUT2D eigenvalue weighted by atomic mass is 10.1. The van der Waals surface area contributed by atoms with Crippen molar-refractivity contribution in [1.29, 1.82) is 0 Å². The van der Waals surface area contributed by atoms with Crippen LogP contribution in [0.2, 0.25) is 0 Å². The number of rotatable bonds is 2. The minimum Gasteiger partial charge on any atom is -0.496 e. The van der Waals surface area contributed by atoms with E-state index in [0.29, 0.717) is 12.0 Å². The standard InChI is InChI=1S/C11H14N2O4/c1-7-5-13(11(16)12-10(7)15)8-2-3-17-9(4-8)6-14/h2-3,5,8-9,14H,4,6H2,1H3,(H,12,15,16)/t8-,9-/m0/s1. The number of ether oxygens (including phenoxy) is 1. The highest BCUT2D eigenvalue weighted by atomic mass is 16.5. The van der Waals surface area contributed by atoms with Gasteiger partial charge in [0.2, 0.25) is 0 Å². The summed E-state index contributed by atoms with van der Waals surface area (Å²) < 4.78 is 6.60. The van der Waals surface area contributed by atoms with Crippen LogP contribution in [0.3, 0.4) is 0 Å². The molecule has 2 heterocycles. The van der Waals surface area contributed by atoms with Crippen molar-refractivity contribution in [3.05, 3.63) is 44.9 Å². The molecule has 92 valence electrons. The summed E-state index contributed by atoms with van der Waals surface area (Å²) in [5.74, 6) is 0. The van der Waals surface area contributed by atoms with E-state index in [1.54, 1.807) is 13.0 Å². The third kappa shape index (κ3) is 2.31. The fourth-order valence-electron chi connectivity index (χ4n) is 1.81. The zero-order valence-electron chi connectivity index (χ0n) is 9.42. The number of nitrogens with zero attached hydrogens (tertiary/aromatic N) is 1. The summed E-state index contributed by atoms with van der Waals surface area (Å²) in [5, 5.41) is 9.02. The topological polar surface area (TPSA) is 84.3 Å². The molecule has 1 aromatic heterocycles. The summed E-state index contributed by atoms with van der Waals surface area (Å²) in [5.41, 5.74) is -0.347. The highest BCUT2D eigenvalue weighted by molar-refractivity contribution is 5.05. The first kappa shape index (κ1) is 11.7. The van der Waals surface area contributed by atoms with Crippen molar-refractivity contribution < 1.29 is 9.84 Å². The summed E-state index contributed by atoms with van der Waals surface area (Å²) in [6, 6.07) is -0.205. The highest BCUT2D eigenvalue weighted by Gasteiger charge is 2.20. The van der Waals surface area contributed by atoms with Crippen LogP contribution in [-0.4, -0.2) is 27.4 Å². The SMILES string of the molecule is Cc1cn([C@H]2C=CO[C@H](CO)C2)c(=O)[nH]c1=O. The molecule has 2 rings (SSSR count). The summed E-state index contributed by atoms with van der Waals surface area (Å²) in [7, 11) is 0. The summed E-state index contributed by atoms with van der Waals surface area (Å²) in [6.07, 6.45) is 4.91. The Balaban J connectivity index is 2.38. The van der Waals surface area contributed by atoms with Crippen molar-refractivity contribution in [2.45, 2.75) is 25.5 Å². The van der Waals surface area contributed by atoms with Crippen LogP contribution >= 0.6 is 0 Å². The number of allylic oxidation sites excluding steroid dienone is 1. The Hall–Kier alpha value is -1.82. The predicted octanol–water partition coefficient (Wildman–Crippen LogP) is -0.319. The predicted molar refractivity (Wildman–Crippen MR) is 60.8 cm³/mol. The number of nitrogens with one attached hydrogen (secondary N) is 1. The summed E-state index contributed by atoms with van der Waals surface area (Å²) in [4.78, 5) is 25.2. The first-order valence-corrected chi connectivity index (χ1v) is 5.37. The molecular weight excluding hydrogens is 224 g/mol. The van der Waals surface area contributed by atoms with E-state index in [4.69, 9.17) is 9.84 Å². The van der Waals surface area contributed by atoms with Crippen LogP contribution in [-0.2, 0) is 4.74 Å². The third-order valence-corrected chi connectivity index (χ3v) is 2.78. The van der Waals surface area contributed by atoms with E-state index in [0.717, 1.165) is 0 Å². The normalized spacial score (nSPS) is 23.4. The van der Waals surface area contributed by atoms with Crippen LogP contribution in [0.25, 0.3) is 0 Å². The molecule has 0 spiro atoms. The maximum Gasteiger partial charge on any atom is 0.328 e. The van der Waals surface area contributed by atoms with Gasteiger partial charge in [-0.3, -0.25) is 14.3 Å². The maximum atomic E-state index is 11.7. The minimum atomic E-state index is -0.450. The van der Waals surface area contributed by atoms with E-state index in [1.165, 1.54) is 17.0 Å². The molecule has 0 radical (unpaired) electrons. The molecule has 2 atom stereocenters. The fraction of sp³-hybridized carbons (Fsp3) is 0.455. The van der Waals surface area contributed by atoms with Gasteiger partial charge in [0.05, 0.1) is 18.9 Å². The second-order valence-corrected chi connectivity index (χ2v) is 4.05. The molecule has 1 aliphatic rings. The monoisotopic (exact) mass is 238 g/mol. The molecule has 0 saturated carbocycles. The van der Waals surface area contributed by atoms with Crippen LogP contribution < -0.4 is 11.2 Å². The van der Waals surface area contributed by atoms with Crippen molar-refractivity contribution in [3.8, 4) is 0 Å². The highest BCUT2D eigenvalue weighted by Crippen LogP contribution is 2.20. The Labute approximate surface area is 97.2 Å². The lowest BCUT2D eigenvalue weighted by Crippen LogP contribution is -2.35. The molecule has 17 heavy (non-hydrogen) atoms. The van der Waals surface area contributed by atoms with E-state index in [9.17, 15) is 9.59 Å². The van der Waals surface area contributed by atoms with Crippen molar-refractivity contribution in [2.24, 2.45) is 0 Å². The molecule has 6 nitrogen and oxygen atoms in total. The Morgan fingerprint density at radius 3 is 3.06 bits per heavy atom. The number of aryl methyl sites for hydroxylation is 1. The van der Waals surface area contributed by atoms with E-state index in [1.807, 2.05) is 0 Å². The number of aliphatic hydroxyl groups excluding tert-OH is 1. The van der Waals surface area contributed by atoms with E-state index in [-0.39, 0.29) is 24.3 Å². The molecule has 6 heteroatoms. The van der Waals surface area contributed by atoms with Gasteiger partial charge in [0.15, 0.2) is 0 Å². The zero-order valence-corrected chi connectivity index (χ0v) is 9.42. The Morgan fingerprint density at radius 1 is 1.59 bits per heavy atom. The van der Waals surface area contributed by atoms with Crippen LogP contribution in [0.4, 0.5) is 0 Å². The number of hydrogen-bond acceptors (Lipinski definition) is 4. The molecule has 0 amide bonds. The zero-order chi connectivity index (χ0) is 12.4. The Bertz CT molecular complexity index is 543. The molecule has 0 aliphatic carbocycles. The third-order valence-electron chi connectivity index (χ3n) is 2.78. The van der Waals surface area contributed by atoms with Gasteiger partial charge in [-0.25, -0.2) is 4.79 Å². The van der Waals surface area contributed by atoms with Gasteiger partial charge < -0.3 is 9.84 Å². The molecule has 1 aliphatic heterocycles. The van der Waals surface area contributed by atoms with Gasteiger partial charge in [0.1, 0.15) is 6.10 Å². The molecule has 0 aromatic carbocycles. The van der Waals surface area contributed by atoms with Crippen molar-refractivity contribution in [1.82, 2.24) is 9.55 Å². The quantitative estimate of drug-likeness (QED) is 0.739. The smallest absolute Gasteiger partial charge is 0.328 e. The minimum absolute atomic E-state index is 0.0993. The van der Waals surface area contributed by atoms with Gasteiger partial charge in [0, 0.05) is 18.2 Å². The molecule has 0 unspecified atom stereocenters. The molecule has 1 aromatic rings. The first-order valence-electron chi connectivity index (χ1n) is 5.37. The van der Waals surface area contributed by atoms with Gasteiger partial charge in [0.25, 0.3) is 5.56 Å². The maximum absolute atomic E-state index is 11.7. The molecule has 0 fully saturated rings. The van der Waals surface area contributed by atoms with Crippen molar-refractivity contribution in [3.63, 3.8) is 0 Å². The number of hydrogen-bond donors (Lipinski definition) is 2. The number of H-pyrrole nitrogens is 1. The second-order valence-electron chi connectivity index (χ2n) is 4.05. The van der Waals surface area contributed by atoms with Crippen LogP contribution in [0, 0.1) is 6.92 Å². The van der Waals surface area contributed by atoms with Crippen LogP contribution in [0.1, 0.15) is 18.0 Å². The van der Waals surface area contributed by atoms with Gasteiger partial charge in [-0.2, -0.15) is 0 Å². The lowest BCUT2D eigenvalue weighted by molar-refractivity contribution is 0.0514. The largest absolute Gasteiger partial charge is 0.496 e. The van der Waals surface area contributed by atoms with Crippen molar-refractivity contribution in [2.75, 3.05) is 6.61 Å².